The Morgan fingerprint density at radius 2 is 1.90 bits per heavy atom. The lowest BCUT2D eigenvalue weighted by atomic mass is 10.2. The van der Waals surface area contributed by atoms with E-state index in [1.54, 1.807) is 11.4 Å². The van der Waals surface area contributed by atoms with Crippen molar-refractivity contribution in [1.29, 1.82) is 0 Å². The normalized spacial score (nSPS) is 12.8. The number of nitrogens with one attached hydrogen (secondary N) is 2. The quantitative estimate of drug-likeness (QED) is 0.850. The van der Waals surface area contributed by atoms with Gasteiger partial charge in [0.05, 0.1) is 6.04 Å². The topological polar surface area (TPSA) is 75.3 Å². The molecule has 5 nitrogen and oxygen atoms in total. The number of thiophene rings is 1. The first-order valence-corrected chi connectivity index (χ1v) is 8.73. The van der Waals surface area contributed by atoms with Gasteiger partial charge in [0.2, 0.25) is 5.91 Å². The molecule has 0 radical (unpaired) electrons. The highest BCUT2D eigenvalue weighted by molar-refractivity contribution is 7.91. The maximum Gasteiger partial charge on any atom is 0.250 e. The largest absolute Gasteiger partial charge is 0.351 e. The van der Waals surface area contributed by atoms with Gasteiger partial charge in [-0.2, -0.15) is 4.72 Å². The number of sulfonamides is 1. The average molecular weight is 324 g/mol. The van der Waals surface area contributed by atoms with Crippen molar-refractivity contribution >= 4 is 27.3 Å². The van der Waals surface area contributed by atoms with Crippen molar-refractivity contribution in [3.63, 3.8) is 0 Å². The van der Waals surface area contributed by atoms with Gasteiger partial charge in [-0.15, -0.1) is 11.3 Å². The molecule has 1 unspecified atom stereocenters. The van der Waals surface area contributed by atoms with Crippen molar-refractivity contribution in [3.8, 4) is 0 Å². The van der Waals surface area contributed by atoms with Gasteiger partial charge in [-0.1, -0.05) is 36.4 Å². The van der Waals surface area contributed by atoms with E-state index >= 15 is 0 Å². The fraction of sp³-hybridized carbons (Fsp3) is 0.214. The van der Waals surface area contributed by atoms with Crippen LogP contribution in [0, 0.1) is 0 Å². The number of carbonyl (C=O) groups excluding carboxylic acids is 1. The minimum absolute atomic E-state index is 0.199. The summed E-state index contributed by atoms with van der Waals surface area (Å²) >= 11 is 1.11. The molecule has 0 aliphatic heterocycles. The van der Waals surface area contributed by atoms with Crippen LogP contribution in [0.2, 0.25) is 0 Å². The van der Waals surface area contributed by atoms with E-state index in [9.17, 15) is 13.2 Å². The molecule has 0 bridgehead atoms. The van der Waals surface area contributed by atoms with Gasteiger partial charge >= 0.3 is 0 Å². The van der Waals surface area contributed by atoms with Gasteiger partial charge in [-0.25, -0.2) is 8.42 Å². The van der Waals surface area contributed by atoms with Crippen molar-refractivity contribution in [2.24, 2.45) is 0 Å². The second-order valence-corrected chi connectivity index (χ2v) is 7.37. The van der Waals surface area contributed by atoms with Gasteiger partial charge in [-0.3, -0.25) is 4.79 Å². The highest BCUT2D eigenvalue weighted by atomic mass is 32.2. The molecule has 7 heteroatoms. The van der Waals surface area contributed by atoms with Crippen LogP contribution in [0.5, 0.6) is 0 Å². The molecule has 0 spiro atoms. The van der Waals surface area contributed by atoms with Gasteiger partial charge in [0.1, 0.15) is 4.21 Å². The molecule has 2 N–H and O–H groups in total. The van der Waals surface area contributed by atoms with Crippen molar-refractivity contribution in [2.75, 3.05) is 0 Å². The fourth-order valence-corrected chi connectivity index (χ4v) is 3.91. The predicted molar refractivity (Wildman–Crippen MR) is 82.4 cm³/mol. The van der Waals surface area contributed by atoms with E-state index in [1.165, 1.54) is 13.0 Å². The molecule has 1 amide bonds. The SMILES string of the molecule is CC(NS(=O)(=O)c1cccs1)C(=O)NCc1ccccc1. The summed E-state index contributed by atoms with van der Waals surface area (Å²) in [4.78, 5) is 11.9. The van der Waals surface area contributed by atoms with Crippen LogP contribution in [0.15, 0.2) is 52.1 Å². The summed E-state index contributed by atoms with van der Waals surface area (Å²) in [5.41, 5.74) is 0.958. The maximum atomic E-state index is 12.0. The molecule has 0 aliphatic carbocycles. The number of benzene rings is 1. The third-order valence-corrected chi connectivity index (χ3v) is 5.73. The summed E-state index contributed by atoms with van der Waals surface area (Å²) in [5, 5.41) is 4.38. The third-order valence-electron chi connectivity index (χ3n) is 2.79. The Hall–Kier alpha value is -1.70. The Bertz CT molecular complexity index is 682. The number of carbonyl (C=O) groups is 1. The molecule has 112 valence electrons. The van der Waals surface area contributed by atoms with Crippen LogP contribution in [0.1, 0.15) is 12.5 Å². The minimum atomic E-state index is -3.64. The van der Waals surface area contributed by atoms with Crippen molar-refractivity contribution in [2.45, 2.75) is 23.7 Å². The van der Waals surface area contributed by atoms with Gasteiger partial charge < -0.3 is 5.32 Å². The number of amides is 1. The van der Waals surface area contributed by atoms with Gasteiger partial charge in [0, 0.05) is 6.54 Å². The Morgan fingerprint density at radius 1 is 1.19 bits per heavy atom. The van der Waals surface area contributed by atoms with Crippen molar-refractivity contribution < 1.29 is 13.2 Å². The van der Waals surface area contributed by atoms with Crippen LogP contribution in [0.25, 0.3) is 0 Å². The highest BCUT2D eigenvalue weighted by Crippen LogP contribution is 2.15. The summed E-state index contributed by atoms with van der Waals surface area (Å²) in [5.74, 6) is -0.362. The zero-order chi connectivity index (χ0) is 15.3. The third kappa shape index (κ3) is 4.38. The van der Waals surface area contributed by atoms with Crippen molar-refractivity contribution in [1.82, 2.24) is 10.0 Å². The fourth-order valence-electron chi connectivity index (χ4n) is 1.70. The molecule has 1 aromatic heterocycles. The van der Waals surface area contributed by atoms with E-state index in [1.807, 2.05) is 30.3 Å². The molecule has 21 heavy (non-hydrogen) atoms. The van der Waals surface area contributed by atoms with E-state index in [0.29, 0.717) is 6.54 Å². The second kappa shape index (κ2) is 6.84. The van der Waals surface area contributed by atoms with Crippen LogP contribution in [-0.2, 0) is 21.4 Å². The first kappa shape index (κ1) is 15.7. The summed E-state index contributed by atoms with van der Waals surface area (Å²) in [6.45, 7) is 1.89. The first-order chi connectivity index (χ1) is 9.99. The molecule has 0 saturated carbocycles. The summed E-state index contributed by atoms with van der Waals surface area (Å²) < 4.78 is 26.6. The van der Waals surface area contributed by atoms with Crippen LogP contribution in [-0.4, -0.2) is 20.4 Å². The predicted octanol–water partition coefficient (Wildman–Crippen LogP) is 1.73. The molecule has 0 aliphatic rings. The van der Waals surface area contributed by atoms with E-state index in [4.69, 9.17) is 0 Å². The zero-order valence-electron chi connectivity index (χ0n) is 11.4. The smallest absolute Gasteiger partial charge is 0.250 e. The van der Waals surface area contributed by atoms with Gasteiger partial charge in [0.15, 0.2) is 0 Å². The van der Waals surface area contributed by atoms with Crippen LogP contribution in [0.4, 0.5) is 0 Å². The molecule has 1 aromatic carbocycles. The monoisotopic (exact) mass is 324 g/mol. The molecule has 0 saturated heterocycles. The van der Waals surface area contributed by atoms with E-state index < -0.39 is 16.1 Å². The number of rotatable bonds is 6. The number of hydrogen-bond donors (Lipinski definition) is 2. The summed E-state index contributed by atoms with van der Waals surface area (Å²) in [6.07, 6.45) is 0. The Kier molecular flexibility index (Phi) is 5.11. The highest BCUT2D eigenvalue weighted by Gasteiger charge is 2.22. The maximum absolute atomic E-state index is 12.0. The van der Waals surface area contributed by atoms with Gasteiger partial charge in [-0.05, 0) is 23.9 Å². The average Bonchev–Trinajstić information content (AvgIpc) is 3.00. The lowest BCUT2D eigenvalue weighted by Gasteiger charge is -2.13. The summed E-state index contributed by atoms with van der Waals surface area (Å²) in [6, 6.07) is 11.8. The lowest BCUT2D eigenvalue weighted by Crippen LogP contribution is -2.44. The summed E-state index contributed by atoms with van der Waals surface area (Å²) in [7, 11) is -3.64. The van der Waals surface area contributed by atoms with E-state index in [0.717, 1.165) is 16.9 Å². The van der Waals surface area contributed by atoms with Crippen LogP contribution >= 0.6 is 11.3 Å². The van der Waals surface area contributed by atoms with E-state index in [-0.39, 0.29) is 10.1 Å². The Labute approximate surface area is 128 Å². The van der Waals surface area contributed by atoms with Gasteiger partial charge in [0.25, 0.3) is 10.0 Å². The first-order valence-electron chi connectivity index (χ1n) is 6.36. The zero-order valence-corrected chi connectivity index (χ0v) is 13.1. The van der Waals surface area contributed by atoms with Crippen LogP contribution in [0.3, 0.4) is 0 Å². The van der Waals surface area contributed by atoms with Crippen LogP contribution < -0.4 is 10.0 Å². The lowest BCUT2D eigenvalue weighted by molar-refractivity contribution is -0.122. The molecule has 1 heterocycles. The molecule has 2 aromatic rings. The minimum Gasteiger partial charge on any atom is -0.351 e. The molecule has 1 atom stereocenters. The molecule has 0 fully saturated rings. The molecular weight excluding hydrogens is 308 g/mol. The van der Waals surface area contributed by atoms with Crippen molar-refractivity contribution in [3.05, 3.63) is 53.4 Å². The molecular formula is C14H16N2O3S2. The Balaban J connectivity index is 1.91. The number of hydrogen-bond acceptors (Lipinski definition) is 4. The second-order valence-electron chi connectivity index (χ2n) is 4.48. The van der Waals surface area contributed by atoms with E-state index in [2.05, 4.69) is 10.0 Å². The Morgan fingerprint density at radius 3 is 2.52 bits per heavy atom. The molecule has 2 rings (SSSR count). The standard InChI is InChI=1S/C14H16N2O3S2/c1-11(16-21(18,19)13-8-5-9-20-13)14(17)15-10-12-6-3-2-4-7-12/h2-9,11,16H,10H2,1H3,(H,15,17).